The van der Waals surface area contributed by atoms with E-state index in [-0.39, 0.29) is 11.9 Å². The molecule has 3 rings (SSSR count). The number of hydrogen-bond donors (Lipinski definition) is 1. The smallest absolute Gasteiger partial charge is 0.255 e. The van der Waals surface area contributed by atoms with Crippen LogP contribution in [0.15, 0.2) is 18.2 Å². The summed E-state index contributed by atoms with van der Waals surface area (Å²) in [6, 6.07) is 7.08. The van der Waals surface area contributed by atoms with E-state index in [9.17, 15) is 9.90 Å². The van der Waals surface area contributed by atoms with Crippen LogP contribution in [0.5, 0.6) is 0 Å². The molecule has 1 aliphatic heterocycles. The maximum Gasteiger partial charge on any atom is 0.255 e. The number of amides is 1. The number of carbonyl (C=O) groups is 1. The van der Waals surface area contributed by atoms with Crippen LogP contribution in [0.4, 0.5) is 0 Å². The van der Waals surface area contributed by atoms with E-state index in [1.54, 1.807) is 0 Å². The summed E-state index contributed by atoms with van der Waals surface area (Å²) < 4.78 is 5.91. The predicted octanol–water partition coefficient (Wildman–Crippen LogP) is 4.05. The highest BCUT2D eigenvalue weighted by Crippen LogP contribution is 2.43. The summed E-state index contributed by atoms with van der Waals surface area (Å²) in [5, 5.41) is 10.6. The molecular weight excluding hydrogens is 342 g/mol. The molecule has 1 saturated carbocycles. The minimum atomic E-state index is -1.11. The van der Waals surface area contributed by atoms with Crippen LogP contribution in [-0.2, 0) is 17.9 Å². The highest BCUT2D eigenvalue weighted by molar-refractivity contribution is 6.76. The van der Waals surface area contributed by atoms with Crippen molar-refractivity contribution in [1.29, 1.82) is 0 Å². The first-order valence-corrected chi connectivity index (χ1v) is 13.5. The third-order valence-electron chi connectivity index (χ3n) is 5.43. The molecule has 0 bridgehead atoms. The monoisotopic (exact) mass is 375 g/mol. The Bertz CT molecular complexity index is 671. The Kier molecular flexibility index (Phi) is 5.35. The van der Waals surface area contributed by atoms with Gasteiger partial charge in [-0.3, -0.25) is 4.79 Å². The molecule has 0 saturated heterocycles. The average Bonchev–Trinajstić information content (AvgIpc) is 3.27. The van der Waals surface area contributed by atoms with Gasteiger partial charge in [-0.2, -0.15) is 0 Å². The third kappa shape index (κ3) is 4.38. The third-order valence-corrected chi connectivity index (χ3v) is 7.14. The molecule has 2 aliphatic rings. The number of aliphatic hydroxyl groups is 1. The number of fused-ring (bicyclic) bond motifs is 1. The molecule has 0 radical (unpaired) electrons. The normalized spacial score (nSPS) is 19.0. The number of hydrogen-bond acceptors (Lipinski definition) is 3. The Balaban J connectivity index is 1.74. The van der Waals surface area contributed by atoms with E-state index in [1.807, 2.05) is 36.9 Å². The summed E-state index contributed by atoms with van der Waals surface area (Å²) in [5.41, 5.74) is 1.97. The summed E-state index contributed by atoms with van der Waals surface area (Å²) in [6.45, 7) is 12.5. The van der Waals surface area contributed by atoms with Crippen LogP contribution in [0.3, 0.4) is 0 Å². The van der Waals surface area contributed by atoms with Gasteiger partial charge in [0, 0.05) is 21.2 Å². The summed E-state index contributed by atoms with van der Waals surface area (Å²) >= 11 is 0. The topological polar surface area (TPSA) is 49.8 Å². The summed E-state index contributed by atoms with van der Waals surface area (Å²) in [4.78, 5) is 15.1. The number of benzene rings is 1. The van der Waals surface area contributed by atoms with Crippen LogP contribution < -0.4 is 0 Å². The van der Waals surface area contributed by atoms with Crippen molar-refractivity contribution in [3.05, 3.63) is 34.9 Å². The predicted molar refractivity (Wildman–Crippen MR) is 107 cm³/mol. The van der Waals surface area contributed by atoms with Crippen molar-refractivity contribution in [3.8, 4) is 0 Å². The van der Waals surface area contributed by atoms with Crippen LogP contribution in [0.1, 0.15) is 48.2 Å². The van der Waals surface area contributed by atoms with Crippen molar-refractivity contribution >= 4 is 14.0 Å². The first-order chi connectivity index (χ1) is 12.1. The SMILES string of the molecule is CC(C)(O)[C@@H](C1CC1)N1Cc2cccc(COCC[Si](C)(C)C)c2C1=O. The van der Waals surface area contributed by atoms with Gasteiger partial charge in [0.15, 0.2) is 0 Å². The second kappa shape index (κ2) is 7.10. The first-order valence-electron chi connectivity index (χ1n) is 9.80. The molecule has 1 fully saturated rings. The summed E-state index contributed by atoms with van der Waals surface area (Å²) in [5.74, 6) is 0.480. The molecule has 1 amide bonds. The molecule has 1 aromatic rings. The van der Waals surface area contributed by atoms with Gasteiger partial charge < -0.3 is 14.7 Å². The molecule has 4 nitrogen and oxygen atoms in total. The fourth-order valence-corrected chi connectivity index (χ4v) is 4.75. The van der Waals surface area contributed by atoms with Gasteiger partial charge in [0.25, 0.3) is 5.91 Å². The van der Waals surface area contributed by atoms with E-state index in [0.29, 0.717) is 19.1 Å². The Labute approximate surface area is 158 Å². The molecule has 1 aliphatic carbocycles. The maximum atomic E-state index is 13.2. The maximum absolute atomic E-state index is 13.2. The number of nitrogens with zero attached hydrogens (tertiary/aromatic N) is 1. The van der Waals surface area contributed by atoms with Crippen molar-refractivity contribution in [3.63, 3.8) is 0 Å². The molecule has 26 heavy (non-hydrogen) atoms. The molecule has 0 aromatic heterocycles. The van der Waals surface area contributed by atoms with E-state index in [4.69, 9.17) is 4.74 Å². The Hall–Kier alpha value is -1.17. The zero-order chi connectivity index (χ0) is 19.1. The van der Waals surface area contributed by atoms with Gasteiger partial charge >= 0.3 is 0 Å². The zero-order valence-corrected chi connectivity index (χ0v) is 17.8. The fourth-order valence-electron chi connectivity index (χ4n) is 3.99. The van der Waals surface area contributed by atoms with Crippen molar-refractivity contribution in [2.45, 2.75) is 77.2 Å². The van der Waals surface area contributed by atoms with Crippen LogP contribution in [-0.4, -0.2) is 42.2 Å². The lowest BCUT2D eigenvalue weighted by molar-refractivity contribution is -0.0224. The van der Waals surface area contributed by atoms with Crippen LogP contribution in [0, 0.1) is 5.92 Å². The minimum absolute atomic E-state index is 0.0587. The van der Waals surface area contributed by atoms with Crippen LogP contribution >= 0.6 is 0 Å². The van der Waals surface area contributed by atoms with Crippen molar-refractivity contribution in [2.24, 2.45) is 5.92 Å². The lowest BCUT2D eigenvalue weighted by atomic mass is 9.93. The minimum Gasteiger partial charge on any atom is -0.388 e. The summed E-state index contributed by atoms with van der Waals surface area (Å²) in [6.07, 6.45) is 2.20. The Morgan fingerprint density at radius 1 is 1.31 bits per heavy atom. The molecule has 5 heteroatoms. The quantitative estimate of drug-likeness (QED) is 0.551. The standard InChI is InChI=1S/C21H33NO3Si/c1-21(2,24)19(15-9-10-15)22-13-16-7-6-8-17(18(16)20(22)23)14-25-11-12-26(3,4)5/h6-8,15,19,24H,9-14H2,1-5H3/t19-/m1/s1. The lowest BCUT2D eigenvalue weighted by Gasteiger charge is -2.37. The van der Waals surface area contributed by atoms with Crippen molar-refractivity contribution < 1.29 is 14.6 Å². The van der Waals surface area contributed by atoms with E-state index in [1.165, 1.54) is 0 Å². The van der Waals surface area contributed by atoms with Gasteiger partial charge in [-0.15, -0.1) is 0 Å². The van der Waals surface area contributed by atoms with E-state index >= 15 is 0 Å². The Morgan fingerprint density at radius 3 is 2.58 bits per heavy atom. The van der Waals surface area contributed by atoms with Gasteiger partial charge in [-0.25, -0.2) is 0 Å². The second-order valence-electron chi connectivity index (χ2n) is 9.68. The highest BCUT2D eigenvalue weighted by Gasteiger charge is 2.48. The molecule has 0 spiro atoms. The van der Waals surface area contributed by atoms with E-state index in [2.05, 4.69) is 19.6 Å². The zero-order valence-electron chi connectivity index (χ0n) is 16.8. The molecule has 1 aromatic carbocycles. The lowest BCUT2D eigenvalue weighted by Crippen LogP contribution is -2.51. The largest absolute Gasteiger partial charge is 0.388 e. The number of carbonyl (C=O) groups excluding carboxylic acids is 1. The van der Waals surface area contributed by atoms with Crippen LogP contribution in [0.25, 0.3) is 0 Å². The molecule has 1 atom stereocenters. The fraction of sp³-hybridized carbons (Fsp3) is 0.667. The molecule has 1 heterocycles. The van der Waals surface area contributed by atoms with E-state index < -0.39 is 13.7 Å². The van der Waals surface area contributed by atoms with Gasteiger partial charge in [0.05, 0.1) is 23.8 Å². The van der Waals surface area contributed by atoms with Gasteiger partial charge in [0.1, 0.15) is 0 Å². The molecular formula is C21H33NO3Si. The second-order valence-corrected chi connectivity index (χ2v) is 15.3. The molecule has 0 unspecified atom stereocenters. The van der Waals surface area contributed by atoms with Gasteiger partial charge in [-0.05, 0) is 49.8 Å². The average molecular weight is 376 g/mol. The van der Waals surface area contributed by atoms with Crippen molar-refractivity contribution in [1.82, 2.24) is 4.90 Å². The Morgan fingerprint density at radius 2 is 2.00 bits per heavy atom. The number of rotatable bonds is 8. The molecule has 1 N–H and O–H groups in total. The highest BCUT2D eigenvalue weighted by atomic mass is 28.3. The van der Waals surface area contributed by atoms with E-state index in [0.717, 1.165) is 42.2 Å². The summed E-state index contributed by atoms with van der Waals surface area (Å²) in [7, 11) is -1.11. The van der Waals surface area contributed by atoms with Gasteiger partial charge in [0.2, 0.25) is 0 Å². The first kappa shape index (κ1) is 19.6. The van der Waals surface area contributed by atoms with Crippen molar-refractivity contribution in [2.75, 3.05) is 6.61 Å². The number of ether oxygens (including phenoxy) is 1. The molecule has 144 valence electrons. The van der Waals surface area contributed by atoms with Gasteiger partial charge in [-0.1, -0.05) is 37.8 Å². The van der Waals surface area contributed by atoms with Crippen LogP contribution in [0.2, 0.25) is 25.7 Å².